The van der Waals surface area contributed by atoms with Gasteiger partial charge in [0.1, 0.15) is 5.82 Å². The monoisotopic (exact) mass is 380 g/mol. The number of nitrogens with zero attached hydrogens (tertiary/aromatic N) is 1. The first kappa shape index (κ1) is 17.7. The zero-order valence-corrected chi connectivity index (χ0v) is 14.6. The number of rotatable bonds is 4. The van der Waals surface area contributed by atoms with Crippen LogP contribution in [0.4, 0.5) is 10.1 Å². The Labute approximate surface area is 154 Å². The van der Waals surface area contributed by atoms with Gasteiger partial charge in [-0.2, -0.15) is 0 Å². The van der Waals surface area contributed by atoms with Crippen molar-refractivity contribution in [3.63, 3.8) is 0 Å². The summed E-state index contributed by atoms with van der Waals surface area (Å²) in [5, 5.41) is 3.40. The summed E-state index contributed by atoms with van der Waals surface area (Å²) < 4.78 is 13.3. The van der Waals surface area contributed by atoms with Crippen molar-refractivity contribution in [1.29, 1.82) is 0 Å². The molecule has 1 heterocycles. The second-order valence-corrected chi connectivity index (χ2v) is 6.69. The van der Waals surface area contributed by atoms with Crippen molar-refractivity contribution in [2.75, 3.05) is 11.4 Å². The summed E-state index contributed by atoms with van der Waals surface area (Å²) in [7, 11) is 0. The summed E-state index contributed by atoms with van der Waals surface area (Å²) in [6.07, 6.45) is 0.113. The van der Waals surface area contributed by atoms with E-state index in [4.69, 9.17) is 23.2 Å². The van der Waals surface area contributed by atoms with Crippen LogP contribution in [0.3, 0.4) is 0 Å². The molecule has 1 atom stereocenters. The first-order chi connectivity index (χ1) is 11.9. The molecule has 2 amide bonds. The van der Waals surface area contributed by atoms with Crippen molar-refractivity contribution in [2.45, 2.75) is 13.0 Å². The highest BCUT2D eigenvalue weighted by molar-refractivity contribution is 6.31. The summed E-state index contributed by atoms with van der Waals surface area (Å²) in [6.45, 7) is 0.607. The van der Waals surface area contributed by atoms with Gasteiger partial charge in [0.05, 0.1) is 10.9 Å². The third kappa shape index (κ3) is 4.11. The third-order valence-electron chi connectivity index (χ3n) is 4.09. The van der Waals surface area contributed by atoms with Crippen molar-refractivity contribution in [3.8, 4) is 0 Å². The highest BCUT2D eigenvalue weighted by Gasteiger charge is 2.35. The molecule has 0 unspecified atom stereocenters. The Bertz CT molecular complexity index is 811. The van der Waals surface area contributed by atoms with Gasteiger partial charge in [0, 0.05) is 30.2 Å². The van der Waals surface area contributed by atoms with E-state index in [0.717, 1.165) is 5.56 Å². The van der Waals surface area contributed by atoms with Crippen LogP contribution < -0.4 is 10.2 Å². The normalized spacial score (nSPS) is 17.0. The molecule has 4 nitrogen and oxygen atoms in total. The number of halogens is 3. The maximum Gasteiger partial charge on any atom is 0.227 e. The van der Waals surface area contributed by atoms with E-state index in [9.17, 15) is 14.0 Å². The van der Waals surface area contributed by atoms with Gasteiger partial charge in [-0.1, -0.05) is 35.3 Å². The lowest BCUT2D eigenvalue weighted by Crippen LogP contribution is -2.32. The van der Waals surface area contributed by atoms with Gasteiger partial charge in [0.2, 0.25) is 11.8 Å². The summed E-state index contributed by atoms with van der Waals surface area (Å²) in [5.74, 6) is -1.38. The van der Waals surface area contributed by atoms with Gasteiger partial charge in [0.25, 0.3) is 0 Å². The fourth-order valence-electron chi connectivity index (χ4n) is 2.72. The highest BCUT2D eigenvalue weighted by Crippen LogP contribution is 2.28. The zero-order valence-electron chi connectivity index (χ0n) is 13.1. The molecule has 130 valence electrons. The summed E-state index contributed by atoms with van der Waals surface area (Å²) in [6, 6.07) is 11.2. The average Bonchev–Trinajstić information content (AvgIpc) is 2.98. The van der Waals surface area contributed by atoms with E-state index in [2.05, 4.69) is 5.32 Å². The molecular weight excluding hydrogens is 366 g/mol. The van der Waals surface area contributed by atoms with E-state index < -0.39 is 11.7 Å². The predicted octanol–water partition coefficient (Wildman–Crippen LogP) is 3.80. The minimum absolute atomic E-state index is 0.0547. The van der Waals surface area contributed by atoms with Gasteiger partial charge in [-0.25, -0.2) is 4.39 Å². The van der Waals surface area contributed by atoms with Crippen LogP contribution in [0.2, 0.25) is 10.0 Å². The highest BCUT2D eigenvalue weighted by atomic mass is 35.5. The SMILES string of the molecule is O=C(NCc1ccc(Cl)cc1)[C@@H]1CC(=O)N(c2ccc(F)c(Cl)c2)C1. The Morgan fingerprint density at radius 3 is 2.60 bits per heavy atom. The van der Waals surface area contributed by atoms with Crippen molar-refractivity contribution >= 4 is 40.7 Å². The van der Waals surface area contributed by atoms with Gasteiger partial charge < -0.3 is 10.2 Å². The van der Waals surface area contributed by atoms with Crippen LogP contribution in [-0.4, -0.2) is 18.4 Å². The van der Waals surface area contributed by atoms with Crippen LogP contribution in [0.15, 0.2) is 42.5 Å². The molecular formula is C18H15Cl2FN2O2. The quantitative estimate of drug-likeness (QED) is 0.876. The molecule has 2 aromatic rings. The molecule has 3 rings (SSSR count). The molecule has 0 aliphatic carbocycles. The summed E-state index contributed by atoms with van der Waals surface area (Å²) in [5.41, 5.74) is 1.41. The molecule has 25 heavy (non-hydrogen) atoms. The first-order valence-corrected chi connectivity index (χ1v) is 8.47. The van der Waals surface area contributed by atoms with Crippen LogP contribution in [0.25, 0.3) is 0 Å². The first-order valence-electron chi connectivity index (χ1n) is 7.71. The molecule has 1 aliphatic heterocycles. The standard InChI is InChI=1S/C18H15Cl2FN2O2/c19-13-3-1-11(2-4-13)9-22-18(25)12-7-17(24)23(10-12)14-5-6-16(21)15(20)8-14/h1-6,8,12H,7,9-10H2,(H,22,25)/t12-/m1/s1. The lowest BCUT2D eigenvalue weighted by molar-refractivity contribution is -0.126. The number of amides is 2. The molecule has 1 saturated heterocycles. The number of anilines is 1. The lowest BCUT2D eigenvalue weighted by Gasteiger charge is -2.17. The van der Waals surface area contributed by atoms with E-state index in [1.54, 1.807) is 12.1 Å². The molecule has 7 heteroatoms. The number of hydrogen-bond acceptors (Lipinski definition) is 2. The Hall–Kier alpha value is -2.11. The third-order valence-corrected chi connectivity index (χ3v) is 4.63. The Balaban J connectivity index is 1.62. The van der Waals surface area contributed by atoms with Gasteiger partial charge in [-0.15, -0.1) is 0 Å². The Morgan fingerprint density at radius 2 is 1.92 bits per heavy atom. The van der Waals surface area contributed by atoms with E-state index in [1.807, 2.05) is 12.1 Å². The van der Waals surface area contributed by atoms with Crippen LogP contribution in [0.5, 0.6) is 0 Å². The molecule has 1 aliphatic rings. The van der Waals surface area contributed by atoms with Gasteiger partial charge in [-0.3, -0.25) is 9.59 Å². The second kappa shape index (κ2) is 7.42. The van der Waals surface area contributed by atoms with E-state index in [0.29, 0.717) is 17.3 Å². The molecule has 0 radical (unpaired) electrons. The minimum atomic E-state index is -0.547. The lowest BCUT2D eigenvalue weighted by atomic mass is 10.1. The van der Waals surface area contributed by atoms with Crippen molar-refractivity contribution in [3.05, 3.63) is 63.9 Å². The molecule has 1 N–H and O–H groups in total. The van der Waals surface area contributed by atoms with Gasteiger partial charge >= 0.3 is 0 Å². The minimum Gasteiger partial charge on any atom is -0.352 e. The molecule has 0 aromatic heterocycles. The smallest absolute Gasteiger partial charge is 0.227 e. The molecule has 2 aromatic carbocycles. The van der Waals surface area contributed by atoms with Crippen LogP contribution in [0.1, 0.15) is 12.0 Å². The Kier molecular flexibility index (Phi) is 5.25. The number of hydrogen-bond donors (Lipinski definition) is 1. The van der Waals surface area contributed by atoms with Crippen LogP contribution in [-0.2, 0) is 16.1 Å². The average molecular weight is 381 g/mol. The van der Waals surface area contributed by atoms with E-state index in [1.165, 1.54) is 23.1 Å². The zero-order chi connectivity index (χ0) is 18.0. The number of carbonyl (C=O) groups is 2. The maximum absolute atomic E-state index is 13.3. The van der Waals surface area contributed by atoms with Crippen molar-refractivity contribution < 1.29 is 14.0 Å². The van der Waals surface area contributed by atoms with Gasteiger partial charge in [0.15, 0.2) is 0 Å². The van der Waals surface area contributed by atoms with Crippen LogP contribution >= 0.6 is 23.2 Å². The molecule has 1 fully saturated rings. The number of benzene rings is 2. The van der Waals surface area contributed by atoms with Crippen molar-refractivity contribution in [1.82, 2.24) is 5.32 Å². The van der Waals surface area contributed by atoms with E-state index in [-0.39, 0.29) is 29.8 Å². The van der Waals surface area contributed by atoms with Crippen LogP contribution in [0, 0.1) is 11.7 Å². The van der Waals surface area contributed by atoms with Gasteiger partial charge in [-0.05, 0) is 35.9 Å². The van der Waals surface area contributed by atoms with E-state index >= 15 is 0 Å². The summed E-state index contributed by atoms with van der Waals surface area (Å²) in [4.78, 5) is 26.0. The van der Waals surface area contributed by atoms with Crippen molar-refractivity contribution in [2.24, 2.45) is 5.92 Å². The fraction of sp³-hybridized carbons (Fsp3) is 0.222. The number of carbonyl (C=O) groups excluding carboxylic acids is 2. The topological polar surface area (TPSA) is 49.4 Å². The fourth-order valence-corrected chi connectivity index (χ4v) is 3.02. The molecule has 0 bridgehead atoms. The Morgan fingerprint density at radius 1 is 1.20 bits per heavy atom. The predicted molar refractivity (Wildman–Crippen MR) is 95.2 cm³/mol. The second-order valence-electron chi connectivity index (χ2n) is 5.85. The molecule has 0 saturated carbocycles. The maximum atomic E-state index is 13.3. The summed E-state index contributed by atoms with van der Waals surface area (Å²) >= 11 is 11.6. The molecule has 0 spiro atoms. The largest absolute Gasteiger partial charge is 0.352 e. The number of nitrogens with one attached hydrogen (secondary N) is 1.